The maximum Gasteiger partial charge on any atom is 0.128 e. The van der Waals surface area contributed by atoms with Gasteiger partial charge in [-0.3, -0.25) is 5.84 Å². The quantitative estimate of drug-likeness (QED) is 0.335. The third kappa shape index (κ3) is 1.66. The van der Waals surface area contributed by atoms with E-state index in [1.807, 2.05) is 6.92 Å². The molecule has 1 aromatic rings. The molecule has 0 aromatic carbocycles. The minimum Gasteiger partial charge on any atom is -0.347 e. The predicted octanol–water partition coefficient (Wildman–Crippen LogP) is 0.490. The van der Waals surface area contributed by atoms with E-state index in [2.05, 4.69) is 22.0 Å². The molecule has 4 N–H and O–H groups in total. The highest BCUT2D eigenvalue weighted by atomic mass is 15.2. The summed E-state index contributed by atoms with van der Waals surface area (Å²) < 4.78 is 0. The highest BCUT2D eigenvalue weighted by molar-refractivity contribution is 5.11. The van der Waals surface area contributed by atoms with Gasteiger partial charge in [0, 0.05) is 12.4 Å². The summed E-state index contributed by atoms with van der Waals surface area (Å²) in [6.45, 7) is 5.68. The topological polar surface area (TPSA) is 66.7 Å². The van der Waals surface area contributed by atoms with Gasteiger partial charge in [0.1, 0.15) is 5.82 Å². The van der Waals surface area contributed by atoms with Crippen molar-refractivity contribution < 1.29 is 0 Å². The number of nitrogens with two attached hydrogens (primary N) is 1. The fourth-order valence-corrected chi connectivity index (χ4v) is 0.890. The number of aromatic amines is 1. The van der Waals surface area contributed by atoms with E-state index in [4.69, 9.17) is 5.84 Å². The van der Waals surface area contributed by atoms with Crippen molar-refractivity contribution >= 4 is 0 Å². The number of hydrogen-bond donors (Lipinski definition) is 3. The highest BCUT2D eigenvalue weighted by Crippen LogP contribution is 2.13. The van der Waals surface area contributed by atoms with E-state index in [1.165, 1.54) is 0 Å². The van der Waals surface area contributed by atoms with Crippen LogP contribution in [0.1, 0.15) is 18.8 Å². The van der Waals surface area contributed by atoms with E-state index in [-0.39, 0.29) is 6.04 Å². The van der Waals surface area contributed by atoms with Gasteiger partial charge in [-0.1, -0.05) is 12.2 Å². The maximum atomic E-state index is 5.29. The molecule has 4 nitrogen and oxygen atoms in total. The molecule has 0 spiro atoms. The van der Waals surface area contributed by atoms with Crippen LogP contribution < -0.4 is 11.3 Å². The molecule has 1 heterocycles. The van der Waals surface area contributed by atoms with E-state index >= 15 is 0 Å². The lowest BCUT2D eigenvalue weighted by Crippen LogP contribution is -2.29. The van der Waals surface area contributed by atoms with E-state index < -0.39 is 0 Å². The number of nitrogens with one attached hydrogen (secondary N) is 2. The molecule has 1 atom stereocenters. The smallest absolute Gasteiger partial charge is 0.128 e. The molecule has 1 unspecified atom stereocenters. The summed E-state index contributed by atoms with van der Waals surface area (Å²) in [4.78, 5) is 7.00. The second-order valence-corrected chi connectivity index (χ2v) is 2.42. The van der Waals surface area contributed by atoms with Gasteiger partial charge in [-0.25, -0.2) is 10.4 Å². The van der Waals surface area contributed by atoms with Crippen LogP contribution in [0.15, 0.2) is 24.5 Å². The van der Waals surface area contributed by atoms with E-state index in [9.17, 15) is 0 Å². The summed E-state index contributed by atoms with van der Waals surface area (Å²) >= 11 is 0. The molecule has 60 valence electrons. The predicted molar refractivity (Wildman–Crippen MR) is 43.5 cm³/mol. The second kappa shape index (κ2) is 3.32. The van der Waals surface area contributed by atoms with Crippen LogP contribution in [0.2, 0.25) is 0 Å². The molecule has 0 aliphatic heterocycles. The number of nitrogens with zero attached hydrogens (tertiary/aromatic N) is 1. The third-order valence-electron chi connectivity index (χ3n) is 1.45. The van der Waals surface area contributed by atoms with Gasteiger partial charge in [-0.05, 0) is 6.92 Å². The van der Waals surface area contributed by atoms with E-state index in [0.29, 0.717) is 0 Å². The Hall–Kier alpha value is -1.13. The number of imidazole rings is 1. The fourth-order valence-electron chi connectivity index (χ4n) is 0.890. The van der Waals surface area contributed by atoms with Crippen LogP contribution in [0.25, 0.3) is 0 Å². The van der Waals surface area contributed by atoms with Crippen LogP contribution in [0.4, 0.5) is 0 Å². The molecule has 0 aliphatic carbocycles. The lowest BCUT2D eigenvalue weighted by Gasteiger charge is -2.11. The number of aromatic nitrogens is 2. The Labute approximate surface area is 65.5 Å². The zero-order valence-corrected chi connectivity index (χ0v) is 6.46. The molecule has 0 saturated heterocycles. The molecule has 0 bridgehead atoms. The van der Waals surface area contributed by atoms with Crippen molar-refractivity contribution in [3.63, 3.8) is 0 Å². The van der Waals surface area contributed by atoms with Crippen molar-refractivity contribution in [3.05, 3.63) is 30.4 Å². The number of rotatable bonds is 3. The van der Waals surface area contributed by atoms with Crippen molar-refractivity contribution in [1.29, 1.82) is 0 Å². The Balaban J connectivity index is 2.79. The lowest BCUT2D eigenvalue weighted by molar-refractivity contribution is 0.599. The van der Waals surface area contributed by atoms with Gasteiger partial charge < -0.3 is 4.98 Å². The van der Waals surface area contributed by atoms with Crippen molar-refractivity contribution in [2.45, 2.75) is 13.0 Å². The molecular weight excluding hydrogens is 140 g/mol. The fraction of sp³-hybridized carbons (Fsp3) is 0.286. The Morgan fingerprint density at radius 2 is 2.64 bits per heavy atom. The van der Waals surface area contributed by atoms with Gasteiger partial charge in [-0.15, -0.1) is 0 Å². The van der Waals surface area contributed by atoms with Crippen molar-refractivity contribution in [1.82, 2.24) is 15.4 Å². The molecule has 11 heavy (non-hydrogen) atoms. The first-order valence-electron chi connectivity index (χ1n) is 3.36. The highest BCUT2D eigenvalue weighted by Gasteiger charge is 2.11. The Morgan fingerprint density at radius 1 is 1.91 bits per heavy atom. The molecule has 0 saturated carbocycles. The average Bonchev–Trinajstić information content (AvgIpc) is 2.40. The van der Waals surface area contributed by atoms with Crippen molar-refractivity contribution in [2.24, 2.45) is 5.84 Å². The van der Waals surface area contributed by atoms with Crippen LogP contribution in [-0.4, -0.2) is 9.97 Å². The van der Waals surface area contributed by atoms with Gasteiger partial charge in [0.15, 0.2) is 0 Å². The maximum absolute atomic E-state index is 5.29. The zero-order valence-electron chi connectivity index (χ0n) is 6.46. The first-order chi connectivity index (χ1) is 5.25. The Kier molecular flexibility index (Phi) is 2.40. The summed E-state index contributed by atoms with van der Waals surface area (Å²) in [5.41, 5.74) is 3.54. The molecule has 1 aromatic heterocycles. The third-order valence-corrected chi connectivity index (χ3v) is 1.45. The largest absolute Gasteiger partial charge is 0.347 e. The van der Waals surface area contributed by atoms with Gasteiger partial charge >= 0.3 is 0 Å². The first kappa shape index (κ1) is 7.97. The summed E-state index contributed by atoms with van der Waals surface area (Å²) in [6.07, 6.45) is 3.44. The number of H-pyrrole nitrogens is 1. The van der Waals surface area contributed by atoms with Crippen LogP contribution in [0, 0.1) is 0 Å². The molecule has 0 aliphatic rings. The monoisotopic (exact) mass is 152 g/mol. The molecule has 0 amide bonds. The van der Waals surface area contributed by atoms with Crippen molar-refractivity contribution in [2.75, 3.05) is 0 Å². The summed E-state index contributed by atoms with van der Waals surface area (Å²) in [5, 5.41) is 0. The van der Waals surface area contributed by atoms with Crippen LogP contribution in [0.5, 0.6) is 0 Å². The van der Waals surface area contributed by atoms with Gasteiger partial charge in [0.25, 0.3) is 0 Å². The normalized spacial score (nSPS) is 12.9. The Bertz CT molecular complexity index is 227. The summed E-state index contributed by atoms with van der Waals surface area (Å²) in [6, 6.07) is -0.0787. The van der Waals surface area contributed by atoms with Gasteiger partial charge in [-0.2, -0.15) is 0 Å². The zero-order chi connectivity index (χ0) is 8.27. The minimum atomic E-state index is -0.0787. The summed E-state index contributed by atoms with van der Waals surface area (Å²) in [7, 11) is 0. The van der Waals surface area contributed by atoms with E-state index in [0.717, 1.165) is 11.4 Å². The van der Waals surface area contributed by atoms with Gasteiger partial charge in [0.05, 0.1) is 6.04 Å². The average molecular weight is 152 g/mol. The lowest BCUT2D eigenvalue weighted by atomic mass is 10.1. The molecule has 4 heteroatoms. The Morgan fingerprint density at radius 3 is 3.00 bits per heavy atom. The molecule has 1 rings (SSSR count). The van der Waals surface area contributed by atoms with Gasteiger partial charge in [0.2, 0.25) is 0 Å². The van der Waals surface area contributed by atoms with Crippen LogP contribution in [-0.2, 0) is 0 Å². The van der Waals surface area contributed by atoms with E-state index in [1.54, 1.807) is 12.4 Å². The molecule has 0 radical (unpaired) electrons. The second-order valence-electron chi connectivity index (χ2n) is 2.42. The standard InChI is InChI=1S/C7H12N4/c1-5(2)6(11-8)7-9-3-4-10-7/h3-4,6,11H,1,8H2,2H3,(H,9,10). The minimum absolute atomic E-state index is 0.0787. The summed E-state index contributed by atoms with van der Waals surface area (Å²) in [5.74, 6) is 6.09. The SMILES string of the molecule is C=C(C)C(NN)c1ncc[nH]1. The van der Waals surface area contributed by atoms with Crippen LogP contribution >= 0.6 is 0 Å². The van der Waals surface area contributed by atoms with Crippen LogP contribution in [0.3, 0.4) is 0 Å². The molecular formula is C7H12N4. The number of hydrogen-bond acceptors (Lipinski definition) is 3. The molecule has 0 fully saturated rings. The van der Waals surface area contributed by atoms with Crippen molar-refractivity contribution in [3.8, 4) is 0 Å². The number of hydrazine groups is 1. The first-order valence-corrected chi connectivity index (χ1v) is 3.36.